The van der Waals surface area contributed by atoms with E-state index < -0.39 is 0 Å². The molecule has 1 rings (SSSR count). The highest BCUT2D eigenvalue weighted by Gasteiger charge is 2.20. The molecule has 4 heteroatoms. The Hall–Kier alpha value is -1.29. The van der Waals surface area contributed by atoms with Gasteiger partial charge < -0.3 is 4.74 Å². The van der Waals surface area contributed by atoms with E-state index in [2.05, 4.69) is 21.1 Å². The number of rotatable bonds is 4. The summed E-state index contributed by atoms with van der Waals surface area (Å²) in [5.41, 5.74) is 0. The highest BCUT2D eigenvalue weighted by atomic mass is 16.5. The van der Waals surface area contributed by atoms with Crippen molar-refractivity contribution >= 4 is 12.3 Å². The number of quaternary nitrogens is 1. The van der Waals surface area contributed by atoms with E-state index >= 15 is 0 Å². The third-order valence-electron chi connectivity index (χ3n) is 2.09. The van der Waals surface area contributed by atoms with Gasteiger partial charge in [0, 0.05) is 12.3 Å². The number of hydrogen-bond donors (Lipinski definition) is 0. The van der Waals surface area contributed by atoms with E-state index in [4.69, 9.17) is 4.74 Å². The zero-order chi connectivity index (χ0) is 10.8. The van der Waals surface area contributed by atoms with E-state index in [9.17, 15) is 4.79 Å². The van der Waals surface area contributed by atoms with Crippen molar-refractivity contribution < 1.29 is 9.53 Å². The van der Waals surface area contributed by atoms with Gasteiger partial charge in [-0.1, -0.05) is 0 Å². The Kier molecular flexibility index (Phi) is 2.96. The Morgan fingerprint density at radius 2 is 2.14 bits per heavy atom. The summed E-state index contributed by atoms with van der Waals surface area (Å²) in [5, 5.41) is 0. The van der Waals surface area contributed by atoms with Crippen LogP contribution in [-0.4, -0.2) is 32.2 Å². The number of hydrogen-bond acceptors (Lipinski definition) is 2. The minimum Gasteiger partial charge on any atom is -0.444 e. The van der Waals surface area contributed by atoms with E-state index in [0.717, 1.165) is 5.82 Å². The largest absolute Gasteiger partial charge is 0.444 e. The molecule has 14 heavy (non-hydrogen) atoms. The molecule has 0 saturated carbocycles. The summed E-state index contributed by atoms with van der Waals surface area (Å²) in [6.45, 7) is 2.32. The predicted octanol–water partition coefficient (Wildman–Crippen LogP) is 1.38. The Morgan fingerprint density at radius 3 is 2.64 bits per heavy atom. The molecule has 1 heterocycles. The SMILES string of the molecule is CC(OC=O)n1cccc1[N+](C)(C)C. The first-order valence-electron chi connectivity index (χ1n) is 4.55. The van der Waals surface area contributed by atoms with Crippen molar-refractivity contribution in [3.63, 3.8) is 0 Å². The van der Waals surface area contributed by atoms with Crippen LogP contribution in [0.2, 0.25) is 0 Å². The van der Waals surface area contributed by atoms with Crippen LogP contribution in [0.1, 0.15) is 13.2 Å². The van der Waals surface area contributed by atoms with Crippen molar-refractivity contribution in [2.45, 2.75) is 13.2 Å². The van der Waals surface area contributed by atoms with Gasteiger partial charge in [0.1, 0.15) is 0 Å². The summed E-state index contributed by atoms with van der Waals surface area (Å²) in [6, 6.07) is 3.97. The predicted molar refractivity (Wildman–Crippen MR) is 55.9 cm³/mol. The maximum Gasteiger partial charge on any atom is 0.295 e. The molecule has 0 bridgehead atoms. The van der Waals surface area contributed by atoms with Gasteiger partial charge in [-0.3, -0.25) is 13.8 Å². The minimum absolute atomic E-state index is 0.255. The quantitative estimate of drug-likeness (QED) is 0.539. The molecule has 4 nitrogen and oxygen atoms in total. The van der Waals surface area contributed by atoms with Crippen molar-refractivity contribution in [2.75, 3.05) is 21.1 Å². The first-order chi connectivity index (χ1) is 6.46. The molecule has 0 spiro atoms. The normalized spacial score (nSPS) is 13.7. The van der Waals surface area contributed by atoms with Gasteiger partial charge in [0.2, 0.25) is 5.82 Å². The summed E-state index contributed by atoms with van der Waals surface area (Å²) < 4.78 is 7.53. The fourth-order valence-electron chi connectivity index (χ4n) is 1.41. The molecule has 0 saturated heterocycles. The Balaban J connectivity index is 2.98. The van der Waals surface area contributed by atoms with Crippen molar-refractivity contribution in [3.05, 3.63) is 18.3 Å². The number of aromatic nitrogens is 1. The standard InChI is InChI=1S/C10H17N2O2/c1-9(14-8-13)11-7-5-6-10(11)12(2,3)4/h5-9H,1-4H3/q+1. The molecular formula is C10H17N2O2+. The Bertz CT molecular complexity index is 312. The third kappa shape index (κ3) is 2.14. The highest BCUT2D eigenvalue weighted by molar-refractivity contribution is 5.39. The van der Waals surface area contributed by atoms with E-state index in [1.54, 1.807) is 0 Å². The third-order valence-corrected chi connectivity index (χ3v) is 2.09. The molecule has 1 atom stereocenters. The van der Waals surface area contributed by atoms with Crippen LogP contribution in [0.25, 0.3) is 0 Å². The zero-order valence-corrected chi connectivity index (χ0v) is 9.10. The van der Waals surface area contributed by atoms with Crippen molar-refractivity contribution in [1.29, 1.82) is 0 Å². The molecule has 1 unspecified atom stereocenters. The Labute approximate surface area is 84.3 Å². The lowest BCUT2D eigenvalue weighted by Gasteiger charge is -2.26. The average Bonchev–Trinajstić information content (AvgIpc) is 2.50. The number of carbonyl (C=O) groups excluding carboxylic acids is 1. The minimum atomic E-state index is -0.255. The number of ether oxygens (including phenoxy) is 1. The van der Waals surface area contributed by atoms with Crippen LogP contribution in [0.15, 0.2) is 18.3 Å². The van der Waals surface area contributed by atoms with Crippen molar-refractivity contribution in [3.8, 4) is 0 Å². The smallest absolute Gasteiger partial charge is 0.295 e. The molecule has 0 aliphatic heterocycles. The number of nitrogens with zero attached hydrogens (tertiary/aromatic N) is 2. The monoisotopic (exact) mass is 197 g/mol. The van der Waals surface area contributed by atoms with Gasteiger partial charge in [-0.25, -0.2) is 0 Å². The van der Waals surface area contributed by atoms with Crippen LogP contribution in [0, 0.1) is 0 Å². The summed E-state index contributed by atoms with van der Waals surface area (Å²) >= 11 is 0. The van der Waals surface area contributed by atoms with Gasteiger partial charge in [0.25, 0.3) is 6.47 Å². The van der Waals surface area contributed by atoms with Crippen LogP contribution in [0.4, 0.5) is 5.82 Å². The summed E-state index contributed by atoms with van der Waals surface area (Å²) in [7, 11) is 6.21. The first-order valence-corrected chi connectivity index (χ1v) is 4.55. The van der Waals surface area contributed by atoms with Gasteiger partial charge in [-0.2, -0.15) is 0 Å². The van der Waals surface area contributed by atoms with E-state index in [-0.39, 0.29) is 6.23 Å². The lowest BCUT2D eigenvalue weighted by molar-refractivity contribution is -0.136. The lowest BCUT2D eigenvalue weighted by Crippen LogP contribution is -2.37. The maximum absolute atomic E-state index is 10.2. The number of carbonyl (C=O) groups is 1. The van der Waals surface area contributed by atoms with Crippen LogP contribution >= 0.6 is 0 Å². The molecule has 78 valence electrons. The molecule has 1 aromatic heterocycles. The summed E-state index contributed by atoms with van der Waals surface area (Å²) in [4.78, 5) is 10.2. The summed E-state index contributed by atoms with van der Waals surface area (Å²) in [6.07, 6.45) is 1.65. The van der Waals surface area contributed by atoms with E-state index in [1.165, 1.54) is 0 Å². The second-order valence-electron chi connectivity index (χ2n) is 4.12. The van der Waals surface area contributed by atoms with Gasteiger partial charge in [0.15, 0.2) is 6.23 Å². The topological polar surface area (TPSA) is 31.2 Å². The van der Waals surface area contributed by atoms with Crippen LogP contribution in [0.3, 0.4) is 0 Å². The van der Waals surface area contributed by atoms with Gasteiger partial charge >= 0.3 is 0 Å². The highest BCUT2D eigenvalue weighted by Crippen LogP contribution is 2.22. The molecule has 0 aliphatic carbocycles. The fraction of sp³-hybridized carbons (Fsp3) is 0.500. The summed E-state index contributed by atoms with van der Waals surface area (Å²) in [5.74, 6) is 1.10. The van der Waals surface area contributed by atoms with Gasteiger partial charge in [-0.05, 0) is 13.0 Å². The molecule has 0 radical (unpaired) electrons. The Morgan fingerprint density at radius 1 is 1.50 bits per heavy atom. The lowest BCUT2D eigenvalue weighted by atomic mass is 10.5. The van der Waals surface area contributed by atoms with Crippen LogP contribution in [-0.2, 0) is 9.53 Å². The molecule has 0 aliphatic rings. The first kappa shape index (κ1) is 10.8. The molecule has 0 amide bonds. The second-order valence-corrected chi connectivity index (χ2v) is 4.12. The molecule has 0 aromatic carbocycles. The van der Waals surface area contributed by atoms with Crippen molar-refractivity contribution in [1.82, 2.24) is 9.05 Å². The van der Waals surface area contributed by atoms with E-state index in [0.29, 0.717) is 11.0 Å². The average molecular weight is 197 g/mol. The molecule has 0 fully saturated rings. The van der Waals surface area contributed by atoms with Crippen LogP contribution in [0.5, 0.6) is 0 Å². The van der Waals surface area contributed by atoms with Gasteiger partial charge in [-0.15, -0.1) is 0 Å². The maximum atomic E-state index is 10.2. The van der Waals surface area contributed by atoms with Gasteiger partial charge in [0.05, 0.1) is 21.1 Å². The molecular weight excluding hydrogens is 180 g/mol. The molecule has 0 N–H and O–H groups in total. The van der Waals surface area contributed by atoms with Crippen LogP contribution < -0.4 is 4.48 Å². The fourth-order valence-corrected chi connectivity index (χ4v) is 1.41. The van der Waals surface area contributed by atoms with Crippen molar-refractivity contribution in [2.24, 2.45) is 0 Å². The second kappa shape index (κ2) is 3.84. The molecule has 1 aromatic rings. The van der Waals surface area contributed by atoms with E-state index in [1.807, 2.05) is 29.8 Å². The zero-order valence-electron chi connectivity index (χ0n) is 9.10.